The summed E-state index contributed by atoms with van der Waals surface area (Å²) in [6.07, 6.45) is 0. The van der Waals surface area contributed by atoms with Crippen LogP contribution in [0.5, 0.6) is 5.75 Å². The van der Waals surface area contributed by atoms with Crippen molar-refractivity contribution >= 4 is 11.7 Å². The van der Waals surface area contributed by atoms with Gasteiger partial charge in [0.05, 0.1) is 5.92 Å². The largest absolute Gasteiger partial charge is 0.426 e. The minimum Gasteiger partial charge on any atom is -0.426 e. The van der Waals surface area contributed by atoms with Crippen LogP contribution >= 0.6 is 0 Å². The number of fused-ring (bicyclic) bond motifs is 1. The van der Waals surface area contributed by atoms with Gasteiger partial charge in [0.2, 0.25) is 0 Å². The second-order valence-electron chi connectivity index (χ2n) is 6.18. The molecule has 3 rings (SSSR count). The standard InChI is InChI=1S/C16H21NO2/c1-9-5-13-12(4)16(18)19-15(13)6-14(9)17-7-10(2)11(3)8-17/h5-6,10-12H,7-8H2,1-4H3/t10-,11-,12?/m0/s1. The molecule has 0 spiro atoms. The Morgan fingerprint density at radius 3 is 2.42 bits per heavy atom. The Labute approximate surface area is 114 Å². The van der Waals surface area contributed by atoms with Gasteiger partial charge in [-0.1, -0.05) is 13.8 Å². The van der Waals surface area contributed by atoms with Crippen molar-refractivity contribution in [2.24, 2.45) is 11.8 Å². The predicted octanol–water partition coefficient (Wildman–Crippen LogP) is 3.11. The first-order valence-corrected chi connectivity index (χ1v) is 7.08. The van der Waals surface area contributed by atoms with Crippen LogP contribution in [0.3, 0.4) is 0 Å². The summed E-state index contributed by atoms with van der Waals surface area (Å²) in [4.78, 5) is 14.1. The van der Waals surface area contributed by atoms with Crippen LogP contribution in [0.4, 0.5) is 5.69 Å². The number of ether oxygens (including phenoxy) is 1. The molecule has 0 amide bonds. The number of nitrogens with zero attached hydrogens (tertiary/aromatic N) is 1. The molecule has 1 aromatic rings. The summed E-state index contributed by atoms with van der Waals surface area (Å²) < 4.78 is 5.36. The van der Waals surface area contributed by atoms with Gasteiger partial charge in [0.15, 0.2) is 0 Å². The van der Waals surface area contributed by atoms with Crippen LogP contribution in [0, 0.1) is 18.8 Å². The Balaban J connectivity index is 1.97. The molecule has 0 aliphatic carbocycles. The van der Waals surface area contributed by atoms with E-state index in [1.807, 2.05) is 6.92 Å². The van der Waals surface area contributed by atoms with Crippen molar-refractivity contribution in [3.8, 4) is 5.75 Å². The minimum atomic E-state index is -0.130. The van der Waals surface area contributed by atoms with Gasteiger partial charge in [-0.2, -0.15) is 0 Å². The minimum absolute atomic E-state index is 0.126. The summed E-state index contributed by atoms with van der Waals surface area (Å²) in [6.45, 7) is 10.8. The number of hydrogen-bond acceptors (Lipinski definition) is 3. The summed E-state index contributed by atoms with van der Waals surface area (Å²) in [6, 6.07) is 4.17. The smallest absolute Gasteiger partial charge is 0.318 e. The monoisotopic (exact) mass is 259 g/mol. The van der Waals surface area contributed by atoms with Gasteiger partial charge in [-0.25, -0.2) is 0 Å². The molecule has 0 N–H and O–H groups in total. The highest BCUT2D eigenvalue weighted by Crippen LogP contribution is 2.40. The van der Waals surface area contributed by atoms with E-state index in [0.29, 0.717) is 11.8 Å². The molecule has 2 aliphatic heterocycles. The average molecular weight is 259 g/mol. The maximum Gasteiger partial charge on any atom is 0.318 e. The van der Waals surface area contributed by atoms with Crippen LogP contribution in [0.1, 0.15) is 37.8 Å². The van der Waals surface area contributed by atoms with E-state index in [0.717, 1.165) is 24.4 Å². The van der Waals surface area contributed by atoms with E-state index in [1.165, 1.54) is 11.3 Å². The van der Waals surface area contributed by atoms with Crippen LogP contribution in [-0.4, -0.2) is 19.1 Å². The zero-order valence-electron chi connectivity index (χ0n) is 12.1. The van der Waals surface area contributed by atoms with Crippen molar-refractivity contribution in [1.82, 2.24) is 0 Å². The Kier molecular flexibility index (Phi) is 2.80. The lowest BCUT2D eigenvalue weighted by Crippen LogP contribution is -2.20. The number of rotatable bonds is 1. The molecule has 19 heavy (non-hydrogen) atoms. The SMILES string of the molecule is Cc1cc2c(cc1N1C[C@H](C)[C@@H](C)C1)OC(=O)C2C. The maximum atomic E-state index is 11.6. The number of benzene rings is 1. The molecule has 1 unspecified atom stereocenters. The van der Waals surface area contributed by atoms with Gasteiger partial charge in [-0.3, -0.25) is 4.79 Å². The number of esters is 1. The summed E-state index contributed by atoms with van der Waals surface area (Å²) >= 11 is 0. The summed E-state index contributed by atoms with van der Waals surface area (Å²) in [5.41, 5.74) is 3.49. The number of hydrogen-bond donors (Lipinski definition) is 0. The Bertz CT molecular complexity index is 528. The molecule has 3 nitrogen and oxygen atoms in total. The third kappa shape index (κ3) is 1.92. The van der Waals surface area contributed by atoms with Gasteiger partial charge < -0.3 is 9.64 Å². The van der Waals surface area contributed by atoms with Crippen molar-refractivity contribution < 1.29 is 9.53 Å². The fourth-order valence-corrected chi connectivity index (χ4v) is 3.12. The lowest BCUT2D eigenvalue weighted by Gasteiger charge is -2.21. The Morgan fingerprint density at radius 2 is 1.79 bits per heavy atom. The molecule has 102 valence electrons. The number of anilines is 1. The molecular formula is C16H21NO2. The van der Waals surface area contributed by atoms with Gasteiger partial charge >= 0.3 is 5.97 Å². The molecule has 1 saturated heterocycles. The molecular weight excluding hydrogens is 238 g/mol. The first-order chi connectivity index (χ1) is 8.97. The highest BCUT2D eigenvalue weighted by molar-refractivity contribution is 5.86. The molecule has 0 bridgehead atoms. The van der Waals surface area contributed by atoms with Crippen LogP contribution in [0.2, 0.25) is 0 Å². The second kappa shape index (κ2) is 4.26. The number of carbonyl (C=O) groups excluding carboxylic acids is 1. The fraction of sp³-hybridized carbons (Fsp3) is 0.562. The molecule has 2 heterocycles. The van der Waals surface area contributed by atoms with Gasteiger partial charge in [-0.05, 0) is 37.3 Å². The molecule has 3 heteroatoms. The summed E-state index contributed by atoms with van der Waals surface area (Å²) in [5, 5.41) is 0. The van der Waals surface area contributed by atoms with Gasteiger partial charge in [0, 0.05) is 30.4 Å². The lowest BCUT2D eigenvalue weighted by molar-refractivity contribution is -0.133. The molecule has 0 aromatic heterocycles. The van der Waals surface area contributed by atoms with E-state index in [2.05, 4.69) is 37.8 Å². The topological polar surface area (TPSA) is 29.5 Å². The molecule has 0 saturated carbocycles. The quantitative estimate of drug-likeness (QED) is 0.573. The highest BCUT2D eigenvalue weighted by atomic mass is 16.5. The summed E-state index contributed by atoms with van der Waals surface area (Å²) in [5.74, 6) is 1.93. The van der Waals surface area contributed by atoms with E-state index >= 15 is 0 Å². The van der Waals surface area contributed by atoms with E-state index in [9.17, 15) is 4.79 Å². The third-order valence-electron chi connectivity index (χ3n) is 4.69. The van der Waals surface area contributed by atoms with Crippen molar-refractivity contribution in [2.75, 3.05) is 18.0 Å². The Hall–Kier alpha value is -1.51. The zero-order valence-corrected chi connectivity index (χ0v) is 12.1. The molecule has 3 atom stereocenters. The van der Waals surface area contributed by atoms with Crippen LogP contribution < -0.4 is 9.64 Å². The van der Waals surface area contributed by atoms with E-state index in [-0.39, 0.29) is 11.9 Å². The van der Waals surface area contributed by atoms with Crippen LogP contribution in [0.25, 0.3) is 0 Å². The fourth-order valence-electron chi connectivity index (χ4n) is 3.12. The lowest BCUT2D eigenvalue weighted by atomic mass is 9.99. The third-order valence-corrected chi connectivity index (χ3v) is 4.69. The predicted molar refractivity (Wildman–Crippen MR) is 75.8 cm³/mol. The molecule has 1 fully saturated rings. The van der Waals surface area contributed by atoms with Crippen molar-refractivity contribution in [3.63, 3.8) is 0 Å². The van der Waals surface area contributed by atoms with Gasteiger partial charge in [-0.15, -0.1) is 0 Å². The van der Waals surface area contributed by atoms with Gasteiger partial charge in [0.25, 0.3) is 0 Å². The maximum absolute atomic E-state index is 11.6. The summed E-state index contributed by atoms with van der Waals surface area (Å²) in [7, 11) is 0. The van der Waals surface area contributed by atoms with Gasteiger partial charge in [0.1, 0.15) is 5.75 Å². The normalized spacial score (nSPS) is 29.6. The number of aryl methyl sites for hydroxylation is 1. The Morgan fingerprint density at radius 1 is 1.16 bits per heavy atom. The average Bonchev–Trinajstić information content (AvgIpc) is 2.82. The van der Waals surface area contributed by atoms with E-state index < -0.39 is 0 Å². The zero-order chi connectivity index (χ0) is 13.7. The highest BCUT2D eigenvalue weighted by Gasteiger charge is 2.32. The first kappa shape index (κ1) is 12.5. The second-order valence-corrected chi connectivity index (χ2v) is 6.18. The molecule has 0 radical (unpaired) electrons. The van der Waals surface area contributed by atoms with Crippen molar-refractivity contribution in [1.29, 1.82) is 0 Å². The van der Waals surface area contributed by atoms with Crippen molar-refractivity contribution in [2.45, 2.75) is 33.6 Å². The van der Waals surface area contributed by atoms with Crippen LogP contribution in [0.15, 0.2) is 12.1 Å². The van der Waals surface area contributed by atoms with Crippen molar-refractivity contribution in [3.05, 3.63) is 23.3 Å². The number of carbonyl (C=O) groups is 1. The van der Waals surface area contributed by atoms with E-state index in [4.69, 9.17) is 4.74 Å². The van der Waals surface area contributed by atoms with E-state index in [1.54, 1.807) is 0 Å². The molecule has 1 aromatic carbocycles. The van der Waals surface area contributed by atoms with Crippen LogP contribution in [-0.2, 0) is 4.79 Å². The first-order valence-electron chi connectivity index (χ1n) is 7.08. The molecule has 2 aliphatic rings.